The van der Waals surface area contributed by atoms with Gasteiger partial charge in [-0.05, 0) is 105 Å². The molecule has 4 aromatic rings. The molecule has 4 aliphatic rings. The molecule has 0 aromatic heterocycles. The van der Waals surface area contributed by atoms with Crippen LogP contribution in [0, 0.1) is 5.82 Å². The number of rotatable bonds is 13. The van der Waals surface area contributed by atoms with Gasteiger partial charge in [0.05, 0.1) is 26.4 Å². The number of hydrogen-bond acceptors (Lipinski definition) is 12. The summed E-state index contributed by atoms with van der Waals surface area (Å²) in [4.78, 5) is 20.3. The third kappa shape index (κ3) is 11.6. The normalized spacial score (nSPS) is 23.4. The number of amides is 1. The Hall–Kier alpha value is -4.74. The van der Waals surface area contributed by atoms with E-state index in [1.807, 2.05) is 66.4 Å². The van der Waals surface area contributed by atoms with Crippen molar-refractivity contribution in [2.45, 2.75) is 64.7 Å². The molecule has 0 bridgehead atoms. The molecule has 0 radical (unpaired) electrons. The van der Waals surface area contributed by atoms with Gasteiger partial charge in [0.25, 0.3) is 0 Å². The van der Waals surface area contributed by atoms with Gasteiger partial charge in [-0.2, -0.15) is 0 Å². The number of nitrogens with zero attached hydrogens (tertiary/aromatic N) is 4. The number of allylic oxidation sites excluding steroid dienone is 1. The van der Waals surface area contributed by atoms with Gasteiger partial charge in [0.1, 0.15) is 42.7 Å². The van der Waals surface area contributed by atoms with Gasteiger partial charge in [-0.15, -0.1) is 0 Å². The smallest absolute Gasteiger partial charge is 0.219 e. The van der Waals surface area contributed by atoms with Crippen molar-refractivity contribution in [3.63, 3.8) is 0 Å². The lowest BCUT2D eigenvalue weighted by atomic mass is 10.0. The molecule has 0 aliphatic carbocycles. The molecule has 2 N–H and O–H groups in total. The molecule has 4 atom stereocenters. The van der Waals surface area contributed by atoms with Gasteiger partial charge in [0.2, 0.25) is 5.91 Å². The van der Waals surface area contributed by atoms with Crippen LogP contribution >= 0.6 is 15.9 Å². The molecule has 4 unspecified atom stereocenters. The zero-order valence-electron chi connectivity index (χ0n) is 37.1. The molecular formula is C49H60BrFN4O9. The van der Waals surface area contributed by atoms with Crippen LogP contribution < -0.4 is 19.3 Å². The van der Waals surface area contributed by atoms with Crippen LogP contribution in [-0.4, -0.2) is 117 Å². The largest absolute Gasteiger partial charge is 0.491 e. The summed E-state index contributed by atoms with van der Waals surface area (Å²) in [6.45, 7) is 19.5. The Morgan fingerprint density at radius 3 is 1.56 bits per heavy atom. The summed E-state index contributed by atoms with van der Waals surface area (Å²) in [7, 11) is 0. The predicted molar refractivity (Wildman–Crippen MR) is 246 cm³/mol. The van der Waals surface area contributed by atoms with E-state index in [2.05, 4.69) is 56.3 Å². The Balaban J connectivity index is 0.000000191. The number of ether oxygens (including phenoxy) is 6. The summed E-state index contributed by atoms with van der Waals surface area (Å²) >= 11 is 3.44. The fourth-order valence-electron chi connectivity index (χ4n) is 8.51. The lowest BCUT2D eigenvalue weighted by Crippen LogP contribution is -2.48. The van der Waals surface area contributed by atoms with Crippen molar-refractivity contribution in [2.24, 2.45) is 0 Å². The summed E-state index contributed by atoms with van der Waals surface area (Å²) < 4.78 is 50.4. The number of anilines is 2. The van der Waals surface area contributed by atoms with Crippen molar-refractivity contribution in [1.82, 2.24) is 9.80 Å². The molecule has 0 saturated carbocycles. The molecule has 15 heteroatoms. The van der Waals surface area contributed by atoms with Crippen LogP contribution in [0.2, 0.25) is 0 Å². The van der Waals surface area contributed by atoms with Crippen LogP contribution in [0.25, 0.3) is 0 Å². The molecule has 4 heterocycles. The average Bonchev–Trinajstić information content (AvgIpc) is 3.90. The van der Waals surface area contributed by atoms with E-state index in [9.17, 15) is 19.4 Å². The van der Waals surface area contributed by atoms with Crippen molar-refractivity contribution >= 4 is 33.2 Å². The van der Waals surface area contributed by atoms with Gasteiger partial charge in [0.15, 0.2) is 11.6 Å². The van der Waals surface area contributed by atoms with Gasteiger partial charge in [-0.25, -0.2) is 4.39 Å². The van der Waals surface area contributed by atoms with E-state index in [4.69, 9.17) is 28.4 Å². The fraction of sp³-hybridized carbons (Fsp3) is 0.449. The summed E-state index contributed by atoms with van der Waals surface area (Å²) in [5, 5.41) is 19.3. The van der Waals surface area contributed by atoms with Crippen LogP contribution in [0.15, 0.2) is 102 Å². The SMILES string of the molecule is C=C(C)N1CCN(c2ccc(OCC3COC(C)(c4ccc(Br)cc4CO)O3)cc2)CC1.CC(=O)N1CCN(c2ccc(OCC3COC(C)(c4ccc(F)cc4CO)O3)cc2)CC1. The molecule has 64 heavy (non-hydrogen) atoms. The zero-order valence-corrected chi connectivity index (χ0v) is 38.7. The minimum absolute atomic E-state index is 0.0765. The molecule has 4 aliphatic heterocycles. The number of halogens is 2. The van der Waals surface area contributed by atoms with Gasteiger partial charge in [-0.1, -0.05) is 34.6 Å². The highest BCUT2D eigenvalue weighted by Crippen LogP contribution is 2.38. The van der Waals surface area contributed by atoms with Crippen LogP contribution in [0.5, 0.6) is 11.5 Å². The maximum Gasteiger partial charge on any atom is 0.219 e. The number of benzene rings is 4. The minimum Gasteiger partial charge on any atom is -0.491 e. The van der Waals surface area contributed by atoms with Crippen molar-refractivity contribution < 1.29 is 47.8 Å². The monoisotopic (exact) mass is 946 g/mol. The fourth-order valence-corrected chi connectivity index (χ4v) is 8.91. The van der Waals surface area contributed by atoms with Crippen molar-refractivity contribution in [3.05, 3.63) is 130 Å². The van der Waals surface area contributed by atoms with Gasteiger partial charge in [-0.3, -0.25) is 4.79 Å². The maximum absolute atomic E-state index is 13.5. The summed E-state index contributed by atoms with van der Waals surface area (Å²) in [5.41, 5.74) is 6.10. The van der Waals surface area contributed by atoms with Gasteiger partial charge >= 0.3 is 0 Å². The summed E-state index contributed by atoms with van der Waals surface area (Å²) in [6, 6.07) is 26.0. The van der Waals surface area contributed by atoms with E-state index in [0.717, 1.165) is 90.8 Å². The van der Waals surface area contributed by atoms with Gasteiger partial charge < -0.3 is 58.2 Å². The highest BCUT2D eigenvalue weighted by molar-refractivity contribution is 9.10. The molecule has 8 rings (SSSR count). The number of piperazine rings is 2. The molecular weight excluding hydrogens is 887 g/mol. The van der Waals surface area contributed by atoms with E-state index in [-0.39, 0.29) is 31.3 Å². The molecule has 13 nitrogen and oxygen atoms in total. The second-order valence-electron chi connectivity index (χ2n) is 16.7. The first-order valence-corrected chi connectivity index (χ1v) is 22.6. The van der Waals surface area contributed by atoms with E-state index in [1.165, 1.54) is 17.8 Å². The zero-order chi connectivity index (χ0) is 45.4. The van der Waals surface area contributed by atoms with E-state index < -0.39 is 17.4 Å². The highest BCUT2D eigenvalue weighted by Gasteiger charge is 2.42. The number of aliphatic hydroxyl groups excluding tert-OH is 2. The summed E-state index contributed by atoms with van der Waals surface area (Å²) in [5.74, 6) is -0.718. The topological polar surface area (TPSA) is 126 Å². The standard InChI is InChI=1S/C25H31BrN2O4.C24H29FN2O5/c1-18(2)27-10-12-28(13-11-27)21-5-7-22(8-6-21)30-16-23-17-31-25(3,32-23)24-9-4-20(26)14-19(24)15-29;1-17(29)26-9-11-27(12-10-26)20-4-6-21(7-5-20)30-15-22-16-31-24(2,32-22)23-8-3-19(25)13-18(23)14-28/h4-9,14,23,29H,1,10-13,15-17H2,2-3H3;3-8,13,22,28H,9-12,14-16H2,1-2H3. The van der Waals surface area contributed by atoms with Crippen LogP contribution in [0.3, 0.4) is 0 Å². The van der Waals surface area contributed by atoms with E-state index in [0.29, 0.717) is 37.6 Å². The van der Waals surface area contributed by atoms with Crippen LogP contribution in [-0.2, 0) is 48.5 Å². The van der Waals surface area contributed by atoms with E-state index >= 15 is 0 Å². The first-order chi connectivity index (χ1) is 30.8. The molecule has 344 valence electrons. The van der Waals surface area contributed by atoms with Crippen LogP contribution in [0.1, 0.15) is 49.9 Å². The van der Waals surface area contributed by atoms with Gasteiger partial charge in [0, 0.05) is 92.0 Å². The second kappa shape index (κ2) is 21.0. The Kier molecular flexibility index (Phi) is 15.5. The molecule has 4 aromatic carbocycles. The number of carbonyl (C=O) groups excluding carboxylic acids is 1. The third-order valence-corrected chi connectivity index (χ3v) is 12.6. The maximum atomic E-state index is 13.5. The van der Waals surface area contributed by atoms with Crippen molar-refractivity contribution in [1.29, 1.82) is 0 Å². The number of carbonyl (C=O) groups is 1. The van der Waals surface area contributed by atoms with Crippen LogP contribution in [0.4, 0.5) is 15.8 Å². The predicted octanol–water partition coefficient (Wildman–Crippen LogP) is 6.92. The number of hydrogen-bond donors (Lipinski definition) is 2. The first-order valence-electron chi connectivity index (χ1n) is 21.8. The molecule has 1 amide bonds. The van der Waals surface area contributed by atoms with E-state index in [1.54, 1.807) is 19.9 Å². The Labute approximate surface area is 384 Å². The minimum atomic E-state index is -1.06. The lowest BCUT2D eigenvalue weighted by molar-refractivity contribution is -0.165. The van der Waals surface area contributed by atoms with Crippen molar-refractivity contribution in [2.75, 3.05) is 88.6 Å². The number of aliphatic hydroxyl groups is 2. The highest BCUT2D eigenvalue weighted by atomic mass is 79.9. The molecule has 0 spiro atoms. The third-order valence-electron chi connectivity index (χ3n) is 12.1. The Morgan fingerprint density at radius 2 is 1.12 bits per heavy atom. The Bertz CT molecular complexity index is 2050. The second-order valence-corrected chi connectivity index (χ2v) is 17.6. The van der Waals surface area contributed by atoms with Crippen molar-refractivity contribution in [3.8, 4) is 11.5 Å². The summed E-state index contributed by atoms with van der Waals surface area (Å²) in [6.07, 6.45) is -0.485. The quantitative estimate of drug-likeness (QED) is 0.145. The first kappa shape index (κ1) is 47.2. The Morgan fingerprint density at radius 1 is 0.688 bits per heavy atom. The average molecular weight is 948 g/mol. The lowest BCUT2D eigenvalue weighted by Gasteiger charge is -2.37. The molecule has 4 fully saturated rings. The molecule has 4 saturated heterocycles.